The van der Waals surface area contributed by atoms with E-state index in [0.29, 0.717) is 27.9 Å². The first kappa shape index (κ1) is 20.7. The number of anilines is 3. The molecule has 5 rings (SSSR count). The summed E-state index contributed by atoms with van der Waals surface area (Å²) < 4.78 is 10.5. The number of aromatic nitrogens is 2. The van der Waals surface area contributed by atoms with Gasteiger partial charge in [0.1, 0.15) is 0 Å². The summed E-state index contributed by atoms with van der Waals surface area (Å²) >= 11 is 0. The van der Waals surface area contributed by atoms with E-state index >= 15 is 0 Å². The molecule has 0 radical (unpaired) electrons. The van der Waals surface area contributed by atoms with Crippen molar-refractivity contribution in [2.24, 2.45) is 0 Å². The quantitative estimate of drug-likeness (QED) is 0.358. The third kappa shape index (κ3) is 3.79. The predicted octanol–water partition coefficient (Wildman–Crippen LogP) is 0.983. The number of ether oxygens (including phenoxy) is 1. The fourth-order valence-electron chi connectivity index (χ4n) is 3.79. The zero-order chi connectivity index (χ0) is 23.1. The van der Waals surface area contributed by atoms with Crippen LogP contribution in [0.15, 0.2) is 57.8 Å². The zero-order valence-corrected chi connectivity index (χ0v) is 17.1. The molecular weight excluding hydrogens is 430 g/mol. The number of carbonyl (C=O) groups excluding carboxylic acids is 2. The van der Waals surface area contributed by atoms with Crippen LogP contribution in [-0.2, 0) is 14.3 Å². The molecule has 33 heavy (non-hydrogen) atoms. The van der Waals surface area contributed by atoms with Crippen LogP contribution in [0.3, 0.4) is 0 Å². The van der Waals surface area contributed by atoms with Gasteiger partial charge in [-0.3, -0.25) is 14.4 Å². The molecule has 1 saturated heterocycles. The van der Waals surface area contributed by atoms with Crippen LogP contribution in [0.5, 0.6) is 0 Å². The number of nitrogens with zero attached hydrogens (tertiary/aromatic N) is 2. The van der Waals surface area contributed by atoms with Gasteiger partial charge in [0.15, 0.2) is 23.6 Å². The van der Waals surface area contributed by atoms with Crippen molar-refractivity contribution in [3.05, 3.63) is 58.9 Å². The Balaban J connectivity index is 1.33. The van der Waals surface area contributed by atoms with Gasteiger partial charge in [-0.25, -0.2) is 0 Å². The second-order valence-electron chi connectivity index (χ2n) is 7.59. The molecule has 4 aromatic rings. The van der Waals surface area contributed by atoms with Crippen molar-refractivity contribution in [1.29, 1.82) is 0 Å². The van der Waals surface area contributed by atoms with E-state index in [2.05, 4.69) is 15.5 Å². The fraction of sp³-hybridized carbons (Fsp3) is 0.182. The average molecular weight is 449 g/mol. The number of nitrogen functional groups attached to an aromatic ring is 1. The first-order valence-corrected chi connectivity index (χ1v) is 10.1. The molecule has 11 nitrogen and oxygen atoms in total. The molecule has 2 atom stereocenters. The molecule has 1 aliphatic heterocycles. The number of aliphatic hydroxyl groups is 1. The molecule has 5 N–H and O–H groups in total. The summed E-state index contributed by atoms with van der Waals surface area (Å²) in [6.45, 7) is 0.385. The van der Waals surface area contributed by atoms with Gasteiger partial charge in [0.2, 0.25) is 5.56 Å². The molecule has 0 aliphatic carbocycles. The molecule has 1 aliphatic rings. The number of hydrogen-bond donors (Lipinski definition) is 4. The van der Waals surface area contributed by atoms with Crippen LogP contribution in [-0.4, -0.2) is 52.4 Å². The summed E-state index contributed by atoms with van der Waals surface area (Å²) in [6.07, 6.45) is -3.12. The summed E-state index contributed by atoms with van der Waals surface area (Å²) in [7, 11) is 0. The Morgan fingerprint density at radius 3 is 2.91 bits per heavy atom. The highest BCUT2D eigenvalue weighted by Gasteiger charge is 2.39. The van der Waals surface area contributed by atoms with Gasteiger partial charge < -0.3 is 35.3 Å². The van der Waals surface area contributed by atoms with E-state index in [-0.39, 0.29) is 24.5 Å². The maximum absolute atomic E-state index is 13.1. The van der Waals surface area contributed by atoms with Gasteiger partial charge in [-0.2, -0.15) is 0 Å². The number of carbonyl (C=O) groups is 2. The highest BCUT2D eigenvalue weighted by molar-refractivity contribution is 6.05. The monoisotopic (exact) mass is 449 g/mol. The van der Waals surface area contributed by atoms with Crippen molar-refractivity contribution >= 4 is 50.9 Å². The number of pyridine rings is 1. The Kier molecular flexibility index (Phi) is 5.04. The number of aliphatic hydroxyl groups excluding tert-OH is 1. The summed E-state index contributed by atoms with van der Waals surface area (Å²) in [5.74, 6) is -1.13. The number of H-pyrrole nitrogens is 1. The average Bonchev–Trinajstić information content (AvgIpc) is 3.18. The van der Waals surface area contributed by atoms with E-state index < -0.39 is 24.0 Å². The molecule has 2 amide bonds. The lowest BCUT2D eigenvalue weighted by atomic mass is 10.1. The lowest BCUT2D eigenvalue weighted by Crippen LogP contribution is -2.55. The minimum absolute atomic E-state index is 0.133. The third-order valence-corrected chi connectivity index (χ3v) is 5.46. The van der Waals surface area contributed by atoms with Crippen LogP contribution in [0, 0.1) is 0 Å². The van der Waals surface area contributed by atoms with Crippen LogP contribution in [0.1, 0.15) is 0 Å². The van der Waals surface area contributed by atoms with Gasteiger partial charge in [-0.1, -0.05) is 5.16 Å². The van der Waals surface area contributed by atoms with Crippen molar-refractivity contribution in [2.75, 3.05) is 29.1 Å². The van der Waals surface area contributed by atoms with E-state index in [0.717, 1.165) is 5.39 Å². The van der Waals surface area contributed by atoms with E-state index in [1.54, 1.807) is 36.4 Å². The minimum Gasteiger partial charge on any atom is -0.380 e. The molecule has 0 spiro atoms. The summed E-state index contributed by atoms with van der Waals surface area (Å²) in [6, 6.07) is 12.9. The van der Waals surface area contributed by atoms with E-state index in [1.165, 1.54) is 17.0 Å². The lowest BCUT2D eigenvalue weighted by molar-refractivity contribution is -0.150. The number of nitrogens with one attached hydrogen (secondary N) is 2. The SMILES string of the molecule is Nc1noc2cc(NC(=O)[C@H](O)[C@H]3OCCN(c4ccc5[nH]c(=O)ccc5c4)C3=O)ccc12. The van der Waals surface area contributed by atoms with Crippen LogP contribution in [0.2, 0.25) is 0 Å². The van der Waals surface area contributed by atoms with Crippen LogP contribution < -0.4 is 21.5 Å². The van der Waals surface area contributed by atoms with Gasteiger partial charge in [0, 0.05) is 41.0 Å². The van der Waals surface area contributed by atoms with Crippen molar-refractivity contribution < 1.29 is 24.0 Å². The molecule has 2 aromatic heterocycles. The van der Waals surface area contributed by atoms with Crippen LogP contribution in [0.25, 0.3) is 21.9 Å². The van der Waals surface area contributed by atoms with Crippen LogP contribution in [0.4, 0.5) is 17.2 Å². The van der Waals surface area contributed by atoms with E-state index in [4.69, 9.17) is 15.0 Å². The number of fused-ring (bicyclic) bond motifs is 2. The minimum atomic E-state index is -1.74. The first-order valence-electron chi connectivity index (χ1n) is 10.1. The number of morpholine rings is 1. The lowest BCUT2D eigenvalue weighted by Gasteiger charge is -2.34. The fourth-order valence-corrected chi connectivity index (χ4v) is 3.79. The molecule has 0 saturated carbocycles. The molecular formula is C22H19N5O6. The van der Waals surface area contributed by atoms with Crippen molar-refractivity contribution in [3.63, 3.8) is 0 Å². The van der Waals surface area contributed by atoms with E-state index in [9.17, 15) is 19.5 Å². The number of benzene rings is 2. The summed E-state index contributed by atoms with van der Waals surface area (Å²) in [4.78, 5) is 41.3. The molecule has 11 heteroatoms. The molecule has 0 unspecified atom stereocenters. The summed E-state index contributed by atoms with van der Waals surface area (Å²) in [5.41, 5.74) is 7.36. The Morgan fingerprint density at radius 1 is 1.21 bits per heavy atom. The number of amides is 2. The Labute approximate surface area is 185 Å². The zero-order valence-electron chi connectivity index (χ0n) is 17.1. The Hall–Kier alpha value is -4.22. The van der Waals surface area contributed by atoms with Gasteiger partial charge in [0.25, 0.3) is 11.8 Å². The molecule has 0 bridgehead atoms. The second kappa shape index (κ2) is 8.04. The smallest absolute Gasteiger partial charge is 0.259 e. The normalized spacial score (nSPS) is 17.4. The topological polar surface area (TPSA) is 164 Å². The molecule has 3 heterocycles. The number of nitrogens with two attached hydrogens (primary N) is 1. The molecule has 2 aromatic carbocycles. The predicted molar refractivity (Wildman–Crippen MR) is 120 cm³/mol. The van der Waals surface area contributed by atoms with Crippen molar-refractivity contribution in [3.8, 4) is 0 Å². The van der Waals surface area contributed by atoms with Crippen LogP contribution >= 0.6 is 0 Å². The number of rotatable bonds is 4. The highest BCUT2D eigenvalue weighted by atomic mass is 16.5. The molecule has 1 fully saturated rings. The first-order chi connectivity index (χ1) is 15.9. The maximum atomic E-state index is 13.1. The third-order valence-electron chi connectivity index (χ3n) is 5.46. The van der Waals surface area contributed by atoms with Crippen molar-refractivity contribution in [1.82, 2.24) is 10.1 Å². The van der Waals surface area contributed by atoms with E-state index in [1.807, 2.05) is 0 Å². The standard InChI is InChI=1S/C22H19N5O6/c23-20-14-4-2-12(10-16(14)33-26-20)24-21(30)18(29)19-22(31)27(7-8-32-19)13-3-5-15-11(9-13)1-6-17(28)25-15/h1-6,9-10,18-19,29H,7-8H2,(H2,23,26)(H,24,30)(H,25,28)/t18-,19-/m1/s1. The number of hydrogen-bond acceptors (Lipinski definition) is 8. The Morgan fingerprint density at radius 2 is 2.06 bits per heavy atom. The van der Waals surface area contributed by atoms with Gasteiger partial charge in [0.05, 0.1) is 12.0 Å². The Bertz CT molecular complexity index is 1440. The largest absolute Gasteiger partial charge is 0.380 e. The molecule has 168 valence electrons. The van der Waals surface area contributed by atoms with Gasteiger partial charge in [-0.15, -0.1) is 0 Å². The second-order valence-corrected chi connectivity index (χ2v) is 7.59. The maximum Gasteiger partial charge on any atom is 0.259 e. The summed E-state index contributed by atoms with van der Waals surface area (Å²) in [5, 5.41) is 18.1. The van der Waals surface area contributed by atoms with Crippen molar-refractivity contribution in [2.45, 2.75) is 12.2 Å². The van der Waals surface area contributed by atoms with Gasteiger partial charge >= 0.3 is 0 Å². The van der Waals surface area contributed by atoms with Gasteiger partial charge in [-0.05, 0) is 36.4 Å². The number of aromatic amines is 1. The highest BCUT2D eigenvalue weighted by Crippen LogP contribution is 2.26.